The summed E-state index contributed by atoms with van der Waals surface area (Å²) in [6.45, 7) is 1.72. The van der Waals surface area contributed by atoms with Gasteiger partial charge in [-0.3, -0.25) is 9.78 Å². The largest absolute Gasteiger partial charge is 0.384 e. The van der Waals surface area contributed by atoms with Crippen LogP contribution in [0.5, 0.6) is 0 Å². The molecule has 0 saturated heterocycles. The van der Waals surface area contributed by atoms with E-state index in [1.807, 2.05) is 13.0 Å². The minimum Gasteiger partial charge on any atom is -0.384 e. The van der Waals surface area contributed by atoms with Crippen LogP contribution in [0.1, 0.15) is 21.6 Å². The van der Waals surface area contributed by atoms with Crippen molar-refractivity contribution in [1.29, 1.82) is 0 Å². The van der Waals surface area contributed by atoms with Gasteiger partial charge in [0, 0.05) is 17.4 Å². The molecule has 0 aliphatic rings. The number of nitrogens with one attached hydrogen (secondary N) is 1. The van der Waals surface area contributed by atoms with E-state index in [1.54, 1.807) is 36.5 Å². The zero-order valence-electron chi connectivity index (χ0n) is 11.1. The standard InChI is InChI=1S/C16H14N2O2/c1-12-11-13(5-4-10-19)7-8-14(12)18-16(20)15-6-2-3-9-17-15/h2-3,6-9,11,19H,10H2,1H3,(H,18,20). The molecule has 4 heteroatoms. The van der Waals surface area contributed by atoms with Crippen molar-refractivity contribution in [2.24, 2.45) is 0 Å². The molecule has 0 aliphatic carbocycles. The fraction of sp³-hybridized carbons (Fsp3) is 0.125. The highest BCUT2D eigenvalue weighted by Crippen LogP contribution is 2.16. The molecule has 0 aliphatic heterocycles. The highest BCUT2D eigenvalue weighted by molar-refractivity contribution is 6.03. The topological polar surface area (TPSA) is 62.2 Å². The normalized spacial score (nSPS) is 9.50. The third-order valence-electron chi connectivity index (χ3n) is 2.68. The fourth-order valence-corrected chi connectivity index (χ4v) is 1.71. The Morgan fingerprint density at radius 3 is 2.85 bits per heavy atom. The number of pyridine rings is 1. The number of amides is 1. The maximum atomic E-state index is 12.0. The van der Waals surface area contributed by atoms with E-state index in [-0.39, 0.29) is 12.5 Å². The first-order valence-electron chi connectivity index (χ1n) is 6.13. The molecule has 0 unspecified atom stereocenters. The third kappa shape index (κ3) is 3.44. The molecule has 0 spiro atoms. The van der Waals surface area contributed by atoms with Crippen molar-refractivity contribution in [1.82, 2.24) is 4.98 Å². The van der Waals surface area contributed by atoms with Crippen LogP contribution in [0.3, 0.4) is 0 Å². The number of carbonyl (C=O) groups excluding carboxylic acids is 1. The summed E-state index contributed by atoms with van der Waals surface area (Å²) in [4.78, 5) is 16.0. The SMILES string of the molecule is Cc1cc(C#CCO)ccc1NC(=O)c1ccccn1. The van der Waals surface area contributed by atoms with Gasteiger partial charge in [0.15, 0.2) is 0 Å². The van der Waals surface area contributed by atoms with E-state index >= 15 is 0 Å². The molecule has 100 valence electrons. The zero-order chi connectivity index (χ0) is 14.4. The quantitative estimate of drug-likeness (QED) is 0.817. The summed E-state index contributed by atoms with van der Waals surface area (Å²) in [6.07, 6.45) is 1.58. The second-order valence-electron chi connectivity index (χ2n) is 4.16. The Bertz CT molecular complexity index is 670. The number of carbonyl (C=O) groups is 1. The number of aromatic nitrogens is 1. The molecule has 2 aromatic rings. The van der Waals surface area contributed by atoms with Gasteiger partial charge < -0.3 is 10.4 Å². The molecule has 1 aromatic heterocycles. The van der Waals surface area contributed by atoms with Crippen LogP contribution in [0.4, 0.5) is 5.69 Å². The van der Waals surface area contributed by atoms with Gasteiger partial charge in [0.2, 0.25) is 0 Å². The predicted octanol–water partition coefficient (Wildman–Crippen LogP) is 1.99. The molecule has 2 N–H and O–H groups in total. The second-order valence-corrected chi connectivity index (χ2v) is 4.16. The Morgan fingerprint density at radius 1 is 1.35 bits per heavy atom. The first kappa shape index (κ1) is 13.8. The summed E-state index contributed by atoms with van der Waals surface area (Å²) in [5.74, 6) is 5.16. The average molecular weight is 266 g/mol. The summed E-state index contributed by atoms with van der Waals surface area (Å²) in [5, 5.41) is 11.5. The number of nitrogens with zero attached hydrogens (tertiary/aromatic N) is 1. The van der Waals surface area contributed by atoms with Crippen molar-refractivity contribution < 1.29 is 9.90 Å². The molecular formula is C16H14N2O2. The zero-order valence-corrected chi connectivity index (χ0v) is 11.1. The molecule has 4 nitrogen and oxygen atoms in total. The lowest BCUT2D eigenvalue weighted by Crippen LogP contribution is -2.14. The molecule has 0 saturated carbocycles. The van der Waals surface area contributed by atoms with E-state index in [2.05, 4.69) is 22.1 Å². The van der Waals surface area contributed by atoms with E-state index < -0.39 is 0 Å². The Hall–Kier alpha value is -2.64. The highest BCUT2D eigenvalue weighted by atomic mass is 16.2. The first-order chi connectivity index (χ1) is 9.70. The van der Waals surface area contributed by atoms with Gasteiger partial charge in [-0.2, -0.15) is 0 Å². The Morgan fingerprint density at radius 2 is 2.20 bits per heavy atom. The van der Waals surface area contributed by atoms with Gasteiger partial charge in [0.05, 0.1) is 0 Å². The number of aliphatic hydroxyl groups is 1. The maximum Gasteiger partial charge on any atom is 0.274 e. The van der Waals surface area contributed by atoms with Crippen LogP contribution in [-0.4, -0.2) is 22.6 Å². The van der Waals surface area contributed by atoms with Crippen LogP contribution in [0, 0.1) is 18.8 Å². The number of anilines is 1. The summed E-state index contributed by atoms with van der Waals surface area (Å²) in [7, 11) is 0. The van der Waals surface area contributed by atoms with Gasteiger partial charge in [0.25, 0.3) is 5.91 Å². The number of rotatable bonds is 2. The number of aliphatic hydroxyl groups excluding tert-OH is 1. The molecule has 1 heterocycles. The Balaban J connectivity index is 2.16. The van der Waals surface area contributed by atoms with Gasteiger partial charge in [-0.25, -0.2) is 0 Å². The van der Waals surface area contributed by atoms with Gasteiger partial charge >= 0.3 is 0 Å². The van der Waals surface area contributed by atoms with Crippen LogP contribution < -0.4 is 5.32 Å². The van der Waals surface area contributed by atoms with Crippen LogP contribution in [0.15, 0.2) is 42.6 Å². The molecule has 0 radical (unpaired) electrons. The molecule has 0 bridgehead atoms. The summed E-state index contributed by atoms with van der Waals surface area (Å²) in [5.41, 5.74) is 2.79. The lowest BCUT2D eigenvalue weighted by atomic mass is 10.1. The highest BCUT2D eigenvalue weighted by Gasteiger charge is 2.08. The van der Waals surface area contributed by atoms with Gasteiger partial charge in [-0.15, -0.1) is 0 Å². The average Bonchev–Trinajstić information content (AvgIpc) is 2.48. The van der Waals surface area contributed by atoms with Gasteiger partial charge in [-0.05, 0) is 42.8 Å². The molecule has 0 fully saturated rings. The van der Waals surface area contributed by atoms with Crippen molar-refractivity contribution in [2.75, 3.05) is 11.9 Å². The minimum atomic E-state index is -0.247. The second kappa shape index (κ2) is 6.50. The van der Waals surface area contributed by atoms with Crippen LogP contribution in [0.25, 0.3) is 0 Å². The maximum absolute atomic E-state index is 12.0. The van der Waals surface area contributed by atoms with Crippen LogP contribution in [0.2, 0.25) is 0 Å². The number of hydrogen-bond donors (Lipinski definition) is 2. The Kier molecular flexibility index (Phi) is 4.48. The molecule has 1 aromatic carbocycles. The lowest BCUT2D eigenvalue weighted by molar-refractivity contribution is 0.102. The number of hydrogen-bond acceptors (Lipinski definition) is 3. The number of benzene rings is 1. The smallest absolute Gasteiger partial charge is 0.274 e. The van der Waals surface area contributed by atoms with E-state index in [0.717, 1.165) is 16.8 Å². The molecule has 20 heavy (non-hydrogen) atoms. The van der Waals surface area contributed by atoms with Crippen LogP contribution in [-0.2, 0) is 0 Å². The lowest BCUT2D eigenvalue weighted by Gasteiger charge is -2.08. The van der Waals surface area contributed by atoms with E-state index in [4.69, 9.17) is 5.11 Å². The monoisotopic (exact) mass is 266 g/mol. The van der Waals surface area contributed by atoms with Crippen molar-refractivity contribution in [3.8, 4) is 11.8 Å². The van der Waals surface area contributed by atoms with Gasteiger partial charge in [-0.1, -0.05) is 17.9 Å². The van der Waals surface area contributed by atoms with Crippen molar-refractivity contribution >= 4 is 11.6 Å². The van der Waals surface area contributed by atoms with Crippen molar-refractivity contribution in [3.63, 3.8) is 0 Å². The van der Waals surface area contributed by atoms with Crippen LogP contribution >= 0.6 is 0 Å². The van der Waals surface area contributed by atoms with E-state index in [1.165, 1.54) is 0 Å². The number of aryl methyl sites for hydroxylation is 1. The van der Waals surface area contributed by atoms with Crippen molar-refractivity contribution in [2.45, 2.75) is 6.92 Å². The molecule has 0 atom stereocenters. The molecule has 1 amide bonds. The first-order valence-corrected chi connectivity index (χ1v) is 6.13. The van der Waals surface area contributed by atoms with Gasteiger partial charge in [0.1, 0.15) is 12.3 Å². The third-order valence-corrected chi connectivity index (χ3v) is 2.68. The summed E-state index contributed by atoms with van der Waals surface area (Å²) < 4.78 is 0. The summed E-state index contributed by atoms with van der Waals surface area (Å²) in [6, 6.07) is 10.6. The Labute approximate surface area is 117 Å². The van der Waals surface area contributed by atoms with E-state index in [0.29, 0.717) is 5.69 Å². The summed E-state index contributed by atoms with van der Waals surface area (Å²) >= 11 is 0. The molecule has 2 rings (SSSR count). The molecular weight excluding hydrogens is 252 g/mol. The minimum absolute atomic E-state index is 0.169. The van der Waals surface area contributed by atoms with E-state index in [9.17, 15) is 4.79 Å². The predicted molar refractivity (Wildman–Crippen MR) is 77.3 cm³/mol. The van der Waals surface area contributed by atoms with Crippen molar-refractivity contribution in [3.05, 3.63) is 59.4 Å². The fourth-order valence-electron chi connectivity index (χ4n) is 1.71.